The van der Waals surface area contributed by atoms with Gasteiger partial charge in [-0.1, -0.05) is 0 Å². The molecule has 5 nitrogen and oxygen atoms in total. The average molecular weight is 223 g/mol. The molecule has 0 fully saturated rings. The number of methoxy groups -OCH3 is 1. The van der Waals surface area contributed by atoms with E-state index in [1.807, 2.05) is 0 Å². The predicted molar refractivity (Wildman–Crippen MR) is 57.4 cm³/mol. The number of nitrogens with two attached hydrogens (primary N) is 1. The van der Waals surface area contributed by atoms with Gasteiger partial charge in [0.15, 0.2) is 17.3 Å². The topological polar surface area (TPSA) is 89.6 Å². The number of hydrogen-bond donors (Lipinski definition) is 2. The van der Waals surface area contributed by atoms with Crippen molar-refractivity contribution in [2.75, 3.05) is 7.11 Å². The van der Waals surface area contributed by atoms with Crippen LogP contribution >= 0.6 is 0 Å². The number of aromatic hydroxyl groups is 1. The van der Waals surface area contributed by atoms with Crippen LogP contribution in [-0.2, 0) is 4.79 Å². The number of ketones is 1. The molecule has 0 spiro atoms. The normalized spacial score (nSPS) is 9.81. The molecule has 0 saturated heterocycles. The number of rotatable bonds is 5. The van der Waals surface area contributed by atoms with Gasteiger partial charge in [0, 0.05) is 18.4 Å². The molecule has 0 unspecified atom stereocenters. The van der Waals surface area contributed by atoms with E-state index in [0.717, 1.165) is 0 Å². The van der Waals surface area contributed by atoms with Gasteiger partial charge in [-0.3, -0.25) is 9.59 Å². The second-order valence-electron chi connectivity index (χ2n) is 3.28. The number of amides is 1. The third kappa shape index (κ3) is 2.98. The van der Waals surface area contributed by atoms with Gasteiger partial charge in [0.25, 0.3) is 0 Å². The molecular formula is C11H13NO4. The summed E-state index contributed by atoms with van der Waals surface area (Å²) in [5.74, 6) is -0.568. The van der Waals surface area contributed by atoms with Crippen LogP contribution < -0.4 is 10.5 Å². The standard InChI is InChI=1S/C11H13NO4/c1-16-10-4-2-7(6-9(10)14)8(13)3-5-11(12)15/h2,4,6,14H,3,5H2,1H3,(H2,12,15). The number of benzene rings is 1. The summed E-state index contributed by atoms with van der Waals surface area (Å²) in [4.78, 5) is 22.0. The molecule has 1 aromatic rings. The zero-order valence-electron chi connectivity index (χ0n) is 8.90. The van der Waals surface area contributed by atoms with Crippen molar-refractivity contribution in [3.63, 3.8) is 0 Å². The Hall–Kier alpha value is -2.04. The molecule has 0 aromatic heterocycles. The molecule has 86 valence electrons. The lowest BCUT2D eigenvalue weighted by atomic mass is 10.1. The maximum atomic E-state index is 11.5. The minimum Gasteiger partial charge on any atom is -0.504 e. The van der Waals surface area contributed by atoms with Crippen LogP contribution in [0.3, 0.4) is 0 Å². The van der Waals surface area contributed by atoms with Gasteiger partial charge >= 0.3 is 0 Å². The third-order valence-electron chi connectivity index (χ3n) is 2.10. The Kier molecular flexibility index (Phi) is 3.88. The van der Waals surface area contributed by atoms with E-state index in [0.29, 0.717) is 11.3 Å². The third-order valence-corrected chi connectivity index (χ3v) is 2.10. The van der Waals surface area contributed by atoms with Crippen molar-refractivity contribution in [2.45, 2.75) is 12.8 Å². The van der Waals surface area contributed by atoms with Gasteiger partial charge in [0.1, 0.15) is 0 Å². The zero-order chi connectivity index (χ0) is 12.1. The highest BCUT2D eigenvalue weighted by atomic mass is 16.5. The lowest BCUT2D eigenvalue weighted by Crippen LogP contribution is -2.12. The molecule has 1 rings (SSSR count). The second kappa shape index (κ2) is 5.16. The van der Waals surface area contributed by atoms with E-state index in [1.54, 1.807) is 0 Å². The van der Waals surface area contributed by atoms with Crippen molar-refractivity contribution in [3.8, 4) is 11.5 Å². The van der Waals surface area contributed by atoms with Crippen LogP contribution in [0.5, 0.6) is 11.5 Å². The summed E-state index contributed by atoms with van der Waals surface area (Å²) in [5, 5.41) is 9.45. The second-order valence-corrected chi connectivity index (χ2v) is 3.28. The van der Waals surface area contributed by atoms with Crippen molar-refractivity contribution in [1.82, 2.24) is 0 Å². The van der Waals surface area contributed by atoms with Gasteiger partial charge in [-0.05, 0) is 18.2 Å². The minimum atomic E-state index is -0.522. The Bertz CT molecular complexity index is 414. The van der Waals surface area contributed by atoms with Crippen LogP contribution in [0.15, 0.2) is 18.2 Å². The molecule has 0 bridgehead atoms. The maximum Gasteiger partial charge on any atom is 0.217 e. The quantitative estimate of drug-likeness (QED) is 0.724. The first-order valence-electron chi connectivity index (χ1n) is 4.73. The molecule has 1 aromatic carbocycles. The fraction of sp³-hybridized carbons (Fsp3) is 0.273. The molecule has 0 aliphatic rings. The average Bonchev–Trinajstić information content (AvgIpc) is 2.25. The number of ether oxygens (including phenoxy) is 1. The first-order valence-corrected chi connectivity index (χ1v) is 4.73. The molecule has 0 aliphatic carbocycles. The lowest BCUT2D eigenvalue weighted by molar-refractivity contribution is -0.118. The van der Waals surface area contributed by atoms with Crippen LogP contribution in [0.25, 0.3) is 0 Å². The van der Waals surface area contributed by atoms with Gasteiger partial charge in [-0.15, -0.1) is 0 Å². The Balaban J connectivity index is 2.77. The zero-order valence-corrected chi connectivity index (χ0v) is 8.90. The SMILES string of the molecule is COc1ccc(C(=O)CCC(N)=O)cc1O. The first-order chi connectivity index (χ1) is 7.54. The highest BCUT2D eigenvalue weighted by Gasteiger charge is 2.10. The number of carbonyl (C=O) groups is 2. The van der Waals surface area contributed by atoms with E-state index >= 15 is 0 Å². The van der Waals surface area contributed by atoms with Crippen molar-refractivity contribution in [2.24, 2.45) is 5.73 Å². The molecule has 0 atom stereocenters. The number of phenolic OH excluding ortho intramolecular Hbond substituents is 1. The van der Waals surface area contributed by atoms with E-state index in [9.17, 15) is 14.7 Å². The fourth-order valence-electron chi connectivity index (χ4n) is 1.24. The number of hydrogen-bond acceptors (Lipinski definition) is 4. The molecule has 3 N–H and O–H groups in total. The van der Waals surface area contributed by atoms with Gasteiger partial charge in [0.05, 0.1) is 7.11 Å². The highest BCUT2D eigenvalue weighted by Crippen LogP contribution is 2.26. The van der Waals surface area contributed by atoms with E-state index in [2.05, 4.69) is 0 Å². The molecule has 0 saturated carbocycles. The summed E-state index contributed by atoms with van der Waals surface area (Å²) in [7, 11) is 1.42. The molecule has 5 heteroatoms. The molecule has 1 amide bonds. The van der Waals surface area contributed by atoms with E-state index in [4.69, 9.17) is 10.5 Å². The highest BCUT2D eigenvalue weighted by molar-refractivity contribution is 5.98. The van der Waals surface area contributed by atoms with Crippen molar-refractivity contribution in [3.05, 3.63) is 23.8 Å². The van der Waals surface area contributed by atoms with Crippen LogP contribution in [0.4, 0.5) is 0 Å². The van der Waals surface area contributed by atoms with Crippen molar-refractivity contribution in [1.29, 1.82) is 0 Å². The Morgan fingerprint density at radius 2 is 2.06 bits per heavy atom. The molecule has 0 heterocycles. The first kappa shape index (κ1) is 12.0. The summed E-state index contributed by atoms with van der Waals surface area (Å²) in [6, 6.07) is 4.33. The van der Waals surface area contributed by atoms with Crippen LogP contribution in [0.1, 0.15) is 23.2 Å². The van der Waals surface area contributed by atoms with Crippen LogP contribution in [-0.4, -0.2) is 23.9 Å². The van der Waals surface area contributed by atoms with Gasteiger partial charge in [-0.25, -0.2) is 0 Å². The van der Waals surface area contributed by atoms with Crippen molar-refractivity contribution >= 4 is 11.7 Å². The monoisotopic (exact) mass is 223 g/mol. The summed E-state index contributed by atoms with van der Waals surface area (Å²) < 4.78 is 4.84. The van der Waals surface area contributed by atoms with Crippen LogP contribution in [0.2, 0.25) is 0 Å². The van der Waals surface area contributed by atoms with Gasteiger partial charge in [0.2, 0.25) is 5.91 Å². The number of phenols is 1. The van der Waals surface area contributed by atoms with E-state index in [-0.39, 0.29) is 24.4 Å². The van der Waals surface area contributed by atoms with Crippen LogP contribution in [0, 0.1) is 0 Å². The summed E-state index contributed by atoms with van der Waals surface area (Å²) in [6.07, 6.45) is 0.0483. The smallest absolute Gasteiger partial charge is 0.217 e. The number of Topliss-reactive ketones (excluding diaryl/α,β-unsaturated/α-hetero) is 1. The Labute approximate surface area is 92.8 Å². The maximum absolute atomic E-state index is 11.5. The molecule has 0 aliphatic heterocycles. The molecular weight excluding hydrogens is 210 g/mol. The predicted octanol–water partition coefficient (Wildman–Crippen LogP) is 0.849. The summed E-state index contributed by atoms with van der Waals surface area (Å²) in [6.45, 7) is 0. The van der Waals surface area contributed by atoms with E-state index in [1.165, 1.54) is 25.3 Å². The Morgan fingerprint density at radius 1 is 1.38 bits per heavy atom. The Morgan fingerprint density at radius 3 is 2.56 bits per heavy atom. The van der Waals surface area contributed by atoms with E-state index < -0.39 is 5.91 Å². The van der Waals surface area contributed by atoms with Gasteiger partial charge < -0.3 is 15.6 Å². The van der Waals surface area contributed by atoms with Gasteiger partial charge in [-0.2, -0.15) is 0 Å². The number of primary amides is 1. The molecule has 16 heavy (non-hydrogen) atoms. The summed E-state index contributed by atoms with van der Waals surface area (Å²) >= 11 is 0. The summed E-state index contributed by atoms with van der Waals surface area (Å²) in [5.41, 5.74) is 5.27. The fourth-order valence-corrected chi connectivity index (χ4v) is 1.24. The van der Waals surface area contributed by atoms with Crippen molar-refractivity contribution < 1.29 is 19.4 Å². The largest absolute Gasteiger partial charge is 0.504 e. The molecule has 0 radical (unpaired) electrons. The minimum absolute atomic E-state index is 0.00558. The lowest BCUT2D eigenvalue weighted by Gasteiger charge is -2.05. The number of carbonyl (C=O) groups excluding carboxylic acids is 2.